The zero-order valence-corrected chi connectivity index (χ0v) is 15.3. The van der Waals surface area contributed by atoms with Crippen LogP contribution in [0.4, 0.5) is 5.95 Å². The highest BCUT2D eigenvalue weighted by Gasteiger charge is 2.41. The second kappa shape index (κ2) is 6.59. The van der Waals surface area contributed by atoms with Gasteiger partial charge in [0.2, 0.25) is 17.7 Å². The number of rotatable bonds is 4. The molecule has 0 N–H and O–H groups in total. The minimum absolute atomic E-state index is 0.0379. The summed E-state index contributed by atoms with van der Waals surface area (Å²) in [6.45, 7) is 5.72. The van der Waals surface area contributed by atoms with Crippen molar-refractivity contribution in [1.29, 1.82) is 0 Å². The molecule has 1 amide bonds. The molecule has 8 nitrogen and oxygen atoms in total. The molecule has 0 saturated carbocycles. The normalized spacial score (nSPS) is 22.7. The van der Waals surface area contributed by atoms with Gasteiger partial charge in [-0.25, -0.2) is 4.98 Å². The number of piperidine rings is 1. The topological polar surface area (TPSA) is 84.6 Å². The number of carbonyl (C=O) groups excluding carboxylic acids is 1. The highest BCUT2D eigenvalue weighted by Crippen LogP contribution is 2.32. The fourth-order valence-corrected chi connectivity index (χ4v) is 3.91. The Morgan fingerprint density at radius 1 is 1.31 bits per heavy atom. The summed E-state index contributed by atoms with van der Waals surface area (Å²) >= 11 is 0. The van der Waals surface area contributed by atoms with E-state index in [2.05, 4.69) is 20.0 Å². The highest BCUT2D eigenvalue weighted by atomic mass is 16.5. The summed E-state index contributed by atoms with van der Waals surface area (Å²) in [4.78, 5) is 26.0. The number of amides is 1. The van der Waals surface area contributed by atoms with Crippen LogP contribution < -0.4 is 9.64 Å². The molecule has 3 fully saturated rings. The Bertz CT molecular complexity index is 801. The van der Waals surface area contributed by atoms with E-state index in [4.69, 9.17) is 9.26 Å². The van der Waals surface area contributed by atoms with Crippen LogP contribution in [-0.2, 0) is 11.3 Å². The van der Waals surface area contributed by atoms with Crippen molar-refractivity contribution in [3.8, 4) is 5.88 Å². The lowest BCUT2D eigenvalue weighted by atomic mass is 9.93. The van der Waals surface area contributed by atoms with E-state index in [1.54, 1.807) is 19.4 Å². The highest BCUT2D eigenvalue weighted by molar-refractivity contribution is 5.81. The van der Waals surface area contributed by atoms with Crippen molar-refractivity contribution in [3.63, 3.8) is 0 Å². The van der Waals surface area contributed by atoms with Gasteiger partial charge in [-0.2, -0.15) is 4.98 Å². The number of methoxy groups -OCH3 is 1. The lowest BCUT2D eigenvalue weighted by Crippen LogP contribution is -2.47. The number of nitrogens with zero attached hydrogens (tertiary/aromatic N) is 5. The molecule has 2 bridgehead atoms. The van der Waals surface area contributed by atoms with E-state index < -0.39 is 0 Å². The van der Waals surface area contributed by atoms with Gasteiger partial charge in [0, 0.05) is 37.0 Å². The van der Waals surface area contributed by atoms with Gasteiger partial charge in [-0.1, -0.05) is 5.16 Å². The number of anilines is 1. The van der Waals surface area contributed by atoms with Crippen molar-refractivity contribution < 1.29 is 14.1 Å². The van der Waals surface area contributed by atoms with Gasteiger partial charge >= 0.3 is 0 Å². The average molecular weight is 357 g/mol. The van der Waals surface area contributed by atoms with Gasteiger partial charge in [-0.15, -0.1) is 0 Å². The molecule has 26 heavy (non-hydrogen) atoms. The number of fused-ring (bicyclic) bond motifs is 4. The van der Waals surface area contributed by atoms with Crippen molar-refractivity contribution in [2.45, 2.75) is 39.3 Å². The van der Waals surface area contributed by atoms with Gasteiger partial charge in [0.1, 0.15) is 5.76 Å². The lowest BCUT2D eigenvalue weighted by molar-refractivity contribution is -0.140. The Balaban J connectivity index is 1.60. The van der Waals surface area contributed by atoms with E-state index in [0.717, 1.165) is 36.4 Å². The maximum atomic E-state index is 13.0. The molecule has 3 saturated heterocycles. The van der Waals surface area contributed by atoms with Crippen LogP contribution in [0.5, 0.6) is 5.88 Å². The van der Waals surface area contributed by atoms with Gasteiger partial charge in [-0.3, -0.25) is 4.79 Å². The molecule has 0 aliphatic carbocycles. The van der Waals surface area contributed by atoms with Crippen molar-refractivity contribution >= 4 is 11.9 Å². The van der Waals surface area contributed by atoms with Gasteiger partial charge < -0.3 is 19.1 Å². The van der Waals surface area contributed by atoms with Crippen LogP contribution in [0.15, 0.2) is 16.8 Å². The number of ether oxygens (including phenoxy) is 1. The third-order valence-electron chi connectivity index (χ3n) is 5.41. The third kappa shape index (κ3) is 2.89. The minimum Gasteiger partial charge on any atom is -0.481 e. The SMILES string of the molecule is COc1ccnc(N2C[C@@H]3CC[C@H](C2)N(Cc2c(C)noc2C)C3=O)n1. The summed E-state index contributed by atoms with van der Waals surface area (Å²) in [5, 5.41) is 4.02. The molecular formula is C18H23N5O3. The maximum Gasteiger partial charge on any atom is 0.228 e. The summed E-state index contributed by atoms with van der Waals surface area (Å²) in [6, 6.07) is 1.86. The molecule has 8 heteroatoms. The van der Waals surface area contributed by atoms with Crippen LogP contribution in [0.2, 0.25) is 0 Å². The molecule has 3 aliphatic heterocycles. The van der Waals surface area contributed by atoms with E-state index in [1.165, 1.54) is 0 Å². The smallest absolute Gasteiger partial charge is 0.228 e. The molecule has 0 aromatic carbocycles. The Morgan fingerprint density at radius 2 is 2.15 bits per heavy atom. The van der Waals surface area contributed by atoms with E-state index in [0.29, 0.717) is 24.9 Å². The van der Waals surface area contributed by atoms with E-state index in [9.17, 15) is 4.79 Å². The lowest BCUT2D eigenvalue weighted by Gasteiger charge is -2.35. The molecule has 2 aromatic heterocycles. The first-order chi connectivity index (χ1) is 12.6. The fourth-order valence-electron chi connectivity index (χ4n) is 3.91. The van der Waals surface area contributed by atoms with E-state index in [-0.39, 0.29) is 17.9 Å². The first kappa shape index (κ1) is 16.8. The predicted molar refractivity (Wildman–Crippen MR) is 93.8 cm³/mol. The van der Waals surface area contributed by atoms with Gasteiger partial charge in [0.05, 0.1) is 25.3 Å². The van der Waals surface area contributed by atoms with Crippen molar-refractivity contribution in [3.05, 3.63) is 29.3 Å². The monoisotopic (exact) mass is 357 g/mol. The maximum absolute atomic E-state index is 13.0. The number of carbonyl (C=O) groups is 1. The van der Waals surface area contributed by atoms with E-state index >= 15 is 0 Å². The summed E-state index contributed by atoms with van der Waals surface area (Å²) < 4.78 is 10.5. The standard InChI is InChI=1S/C18H23N5O3/c1-11-15(12(2)26-21-11)10-23-14-5-4-13(17(23)24)8-22(9-14)18-19-7-6-16(20-18)25-3/h6-7,13-14H,4-5,8-10H2,1-3H3/t13-,14+/m0/s1. The molecule has 0 unspecified atom stereocenters. The second-order valence-corrected chi connectivity index (χ2v) is 7.00. The predicted octanol–water partition coefficient (Wildman–Crippen LogP) is 1.72. The molecule has 3 aliphatic rings. The van der Waals surface area contributed by atoms with Crippen molar-refractivity contribution in [2.75, 3.05) is 25.1 Å². The van der Waals surface area contributed by atoms with Gasteiger partial charge in [0.25, 0.3) is 0 Å². The Kier molecular flexibility index (Phi) is 4.26. The van der Waals surface area contributed by atoms with E-state index in [1.807, 2.05) is 18.7 Å². The van der Waals surface area contributed by atoms with Crippen LogP contribution in [0.25, 0.3) is 0 Å². The van der Waals surface area contributed by atoms with Crippen LogP contribution in [-0.4, -0.2) is 52.2 Å². The number of hydrogen-bond donors (Lipinski definition) is 0. The molecule has 5 heterocycles. The number of aromatic nitrogens is 3. The summed E-state index contributed by atoms with van der Waals surface area (Å²) in [5.74, 6) is 2.10. The fraction of sp³-hybridized carbons (Fsp3) is 0.556. The summed E-state index contributed by atoms with van der Waals surface area (Å²) in [7, 11) is 1.59. The Morgan fingerprint density at radius 3 is 2.88 bits per heavy atom. The Hall–Kier alpha value is -2.64. The summed E-state index contributed by atoms with van der Waals surface area (Å²) in [6.07, 6.45) is 3.58. The molecule has 2 atom stereocenters. The van der Waals surface area contributed by atoms with Crippen molar-refractivity contribution in [2.24, 2.45) is 5.92 Å². The minimum atomic E-state index is -0.0379. The molecule has 0 radical (unpaired) electrons. The summed E-state index contributed by atoms with van der Waals surface area (Å²) in [5.41, 5.74) is 1.86. The number of hydrogen-bond acceptors (Lipinski definition) is 7. The van der Waals surface area contributed by atoms with Crippen molar-refractivity contribution in [1.82, 2.24) is 20.0 Å². The van der Waals surface area contributed by atoms with Crippen LogP contribution in [0.3, 0.4) is 0 Å². The molecule has 0 spiro atoms. The molecule has 138 valence electrons. The van der Waals surface area contributed by atoms with Crippen LogP contribution in [0.1, 0.15) is 29.9 Å². The quantitative estimate of drug-likeness (QED) is 0.823. The first-order valence-electron chi connectivity index (χ1n) is 8.91. The second-order valence-electron chi connectivity index (χ2n) is 7.00. The van der Waals surface area contributed by atoms with Gasteiger partial charge in [-0.05, 0) is 26.7 Å². The largest absolute Gasteiger partial charge is 0.481 e. The van der Waals surface area contributed by atoms with Crippen LogP contribution in [0, 0.1) is 19.8 Å². The molecular weight excluding hydrogens is 334 g/mol. The number of aryl methyl sites for hydroxylation is 2. The van der Waals surface area contributed by atoms with Crippen LogP contribution >= 0.6 is 0 Å². The zero-order chi connectivity index (χ0) is 18.3. The third-order valence-corrected chi connectivity index (χ3v) is 5.41. The Labute approximate surface area is 152 Å². The first-order valence-corrected chi connectivity index (χ1v) is 8.91. The molecule has 2 aromatic rings. The molecule has 5 rings (SSSR count). The zero-order valence-electron chi connectivity index (χ0n) is 15.3. The van der Waals surface area contributed by atoms with Gasteiger partial charge in [0.15, 0.2) is 0 Å². The average Bonchev–Trinajstić information content (AvgIpc) is 2.83.